The molecular formula is C17H18N6. The van der Waals surface area contributed by atoms with E-state index in [1.165, 1.54) is 19.3 Å². The Labute approximate surface area is 134 Å². The van der Waals surface area contributed by atoms with Gasteiger partial charge in [-0.05, 0) is 31.4 Å². The van der Waals surface area contributed by atoms with Crippen LogP contribution in [-0.2, 0) is 0 Å². The summed E-state index contributed by atoms with van der Waals surface area (Å²) in [5.41, 5.74) is 2.54. The molecule has 1 N–H and O–H groups in total. The lowest BCUT2D eigenvalue weighted by atomic mass is 10.1. The van der Waals surface area contributed by atoms with Gasteiger partial charge in [-0.15, -0.1) is 0 Å². The van der Waals surface area contributed by atoms with Gasteiger partial charge in [0.1, 0.15) is 23.7 Å². The average Bonchev–Trinajstić information content (AvgIpc) is 2.63. The smallest absolute Gasteiger partial charge is 0.160 e. The third kappa shape index (κ3) is 2.79. The molecule has 0 aliphatic carbocycles. The van der Waals surface area contributed by atoms with Crippen molar-refractivity contribution in [2.75, 3.05) is 23.3 Å². The van der Waals surface area contributed by atoms with E-state index in [9.17, 15) is 0 Å². The summed E-state index contributed by atoms with van der Waals surface area (Å²) in [4.78, 5) is 20.0. The SMILES string of the molecule is c1ccc(Nc2ncnc3c(N4CCCCC4)ncnc23)cc1. The molecule has 0 spiro atoms. The second kappa shape index (κ2) is 6.16. The second-order valence-corrected chi connectivity index (χ2v) is 5.66. The Morgan fingerprint density at radius 3 is 2.35 bits per heavy atom. The molecule has 6 heteroatoms. The highest BCUT2D eigenvalue weighted by molar-refractivity contribution is 5.93. The molecular weight excluding hydrogens is 288 g/mol. The van der Waals surface area contributed by atoms with Crippen LogP contribution in [-0.4, -0.2) is 33.0 Å². The lowest BCUT2D eigenvalue weighted by molar-refractivity contribution is 0.574. The van der Waals surface area contributed by atoms with Crippen LogP contribution in [0.5, 0.6) is 0 Å². The molecule has 0 amide bonds. The average molecular weight is 306 g/mol. The molecule has 116 valence electrons. The van der Waals surface area contributed by atoms with E-state index >= 15 is 0 Å². The minimum absolute atomic E-state index is 0.710. The zero-order valence-electron chi connectivity index (χ0n) is 12.8. The Morgan fingerprint density at radius 1 is 0.783 bits per heavy atom. The molecule has 2 aromatic heterocycles. The fraction of sp³-hybridized carbons (Fsp3) is 0.294. The Kier molecular flexibility index (Phi) is 3.71. The Hall–Kier alpha value is -2.76. The molecule has 1 fully saturated rings. The maximum atomic E-state index is 4.48. The maximum Gasteiger partial charge on any atom is 0.160 e. The summed E-state index contributed by atoms with van der Waals surface area (Å²) in [6, 6.07) is 9.96. The van der Waals surface area contributed by atoms with E-state index in [0.29, 0.717) is 5.82 Å². The van der Waals surface area contributed by atoms with E-state index in [0.717, 1.165) is 35.6 Å². The first kappa shape index (κ1) is 13.9. The Bertz CT molecular complexity index is 799. The number of benzene rings is 1. The van der Waals surface area contributed by atoms with Gasteiger partial charge in [0.2, 0.25) is 0 Å². The van der Waals surface area contributed by atoms with Crippen molar-refractivity contribution < 1.29 is 0 Å². The summed E-state index contributed by atoms with van der Waals surface area (Å²) in [7, 11) is 0. The van der Waals surface area contributed by atoms with Crippen LogP contribution in [0.25, 0.3) is 11.0 Å². The Balaban J connectivity index is 1.75. The van der Waals surface area contributed by atoms with Crippen LogP contribution in [0.15, 0.2) is 43.0 Å². The molecule has 1 saturated heterocycles. The number of nitrogens with one attached hydrogen (secondary N) is 1. The summed E-state index contributed by atoms with van der Waals surface area (Å²) in [6.07, 6.45) is 6.86. The topological polar surface area (TPSA) is 66.8 Å². The molecule has 0 bridgehead atoms. The highest BCUT2D eigenvalue weighted by Gasteiger charge is 2.17. The van der Waals surface area contributed by atoms with E-state index in [4.69, 9.17) is 0 Å². The van der Waals surface area contributed by atoms with Gasteiger partial charge in [0.05, 0.1) is 0 Å². The van der Waals surface area contributed by atoms with Crippen molar-refractivity contribution in [3.05, 3.63) is 43.0 Å². The molecule has 0 unspecified atom stereocenters. The highest BCUT2D eigenvalue weighted by Crippen LogP contribution is 2.27. The highest BCUT2D eigenvalue weighted by atomic mass is 15.2. The molecule has 3 heterocycles. The maximum absolute atomic E-state index is 4.48. The van der Waals surface area contributed by atoms with E-state index in [1.54, 1.807) is 12.7 Å². The molecule has 23 heavy (non-hydrogen) atoms. The first-order valence-electron chi connectivity index (χ1n) is 7.94. The van der Waals surface area contributed by atoms with Crippen molar-refractivity contribution in [3.8, 4) is 0 Å². The van der Waals surface area contributed by atoms with Gasteiger partial charge in [0.15, 0.2) is 11.6 Å². The fourth-order valence-corrected chi connectivity index (χ4v) is 2.95. The molecule has 1 aliphatic rings. The third-order valence-electron chi connectivity index (χ3n) is 4.09. The van der Waals surface area contributed by atoms with Crippen molar-refractivity contribution in [3.63, 3.8) is 0 Å². The standard InChI is InChI=1S/C17H18N6/c1-3-7-13(8-4-1)22-16-14-15(19-11-20-16)17(21-12-18-14)23-9-5-2-6-10-23/h1,3-4,7-8,11-12H,2,5-6,9-10H2,(H,19,20,22). The molecule has 6 nitrogen and oxygen atoms in total. The normalized spacial score (nSPS) is 14.9. The predicted octanol–water partition coefficient (Wildman–Crippen LogP) is 3.15. The van der Waals surface area contributed by atoms with Crippen LogP contribution in [0.1, 0.15) is 19.3 Å². The summed E-state index contributed by atoms with van der Waals surface area (Å²) in [5, 5.41) is 3.32. The first-order valence-corrected chi connectivity index (χ1v) is 7.94. The second-order valence-electron chi connectivity index (χ2n) is 5.66. The first-order chi connectivity index (χ1) is 11.4. The number of fused-ring (bicyclic) bond motifs is 1. The zero-order chi connectivity index (χ0) is 15.5. The van der Waals surface area contributed by atoms with Crippen molar-refractivity contribution >= 4 is 28.4 Å². The number of para-hydroxylation sites is 1. The minimum atomic E-state index is 0.710. The molecule has 1 aliphatic heterocycles. The van der Waals surface area contributed by atoms with E-state index in [1.807, 2.05) is 30.3 Å². The van der Waals surface area contributed by atoms with E-state index < -0.39 is 0 Å². The largest absolute Gasteiger partial charge is 0.355 e. The third-order valence-corrected chi connectivity index (χ3v) is 4.09. The number of piperidine rings is 1. The van der Waals surface area contributed by atoms with Crippen LogP contribution in [0.3, 0.4) is 0 Å². The quantitative estimate of drug-likeness (QED) is 0.802. The van der Waals surface area contributed by atoms with Crippen molar-refractivity contribution in [2.45, 2.75) is 19.3 Å². The summed E-state index contributed by atoms with van der Waals surface area (Å²) in [6.45, 7) is 2.05. The predicted molar refractivity (Wildman–Crippen MR) is 90.9 cm³/mol. The Morgan fingerprint density at radius 2 is 1.52 bits per heavy atom. The van der Waals surface area contributed by atoms with Crippen molar-refractivity contribution in [1.82, 2.24) is 19.9 Å². The fourth-order valence-electron chi connectivity index (χ4n) is 2.95. The van der Waals surface area contributed by atoms with Crippen molar-refractivity contribution in [2.24, 2.45) is 0 Å². The van der Waals surface area contributed by atoms with Gasteiger partial charge in [-0.3, -0.25) is 0 Å². The number of nitrogens with zero attached hydrogens (tertiary/aromatic N) is 5. The van der Waals surface area contributed by atoms with E-state index in [-0.39, 0.29) is 0 Å². The van der Waals surface area contributed by atoms with Gasteiger partial charge in [-0.2, -0.15) is 0 Å². The van der Waals surface area contributed by atoms with Gasteiger partial charge in [0.25, 0.3) is 0 Å². The number of anilines is 3. The summed E-state index contributed by atoms with van der Waals surface area (Å²) in [5.74, 6) is 1.62. The molecule has 1 aromatic carbocycles. The zero-order valence-corrected chi connectivity index (χ0v) is 12.8. The van der Waals surface area contributed by atoms with Gasteiger partial charge < -0.3 is 10.2 Å². The van der Waals surface area contributed by atoms with Crippen LogP contribution in [0.2, 0.25) is 0 Å². The molecule has 0 saturated carbocycles. The van der Waals surface area contributed by atoms with Gasteiger partial charge in [-0.1, -0.05) is 18.2 Å². The lowest BCUT2D eigenvalue weighted by Crippen LogP contribution is -2.30. The minimum Gasteiger partial charge on any atom is -0.355 e. The molecule has 4 rings (SSSR count). The van der Waals surface area contributed by atoms with Crippen LogP contribution in [0, 0.1) is 0 Å². The number of rotatable bonds is 3. The van der Waals surface area contributed by atoms with E-state index in [2.05, 4.69) is 30.2 Å². The monoisotopic (exact) mass is 306 g/mol. The van der Waals surface area contributed by atoms with Crippen molar-refractivity contribution in [1.29, 1.82) is 0 Å². The molecule has 3 aromatic rings. The van der Waals surface area contributed by atoms with Crippen LogP contribution in [0.4, 0.5) is 17.3 Å². The van der Waals surface area contributed by atoms with Gasteiger partial charge in [0, 0.05) is 18.8 Å². The summed E-state index contributed by atoms with van der Waals surface area (Å²) < 4.78 is 0. The number of aromatic nitrogens is 4. The number of hydrogen-bond acceptors (Lipinski definition) is 6. The van der Waals surface area contributed by atoms with Gasteiger partial charge >= 0.3 is 0 Å². The summed E-state index contributed by atoms with van der Waals surface area (Å²) >= 11 is 0. The van der Waals surface area contributed by atoms with Crippen LogP contribution >= 0.6 is 0 Å². The number of hydrogen-bond donors (Lipinski definition) is 1. The lowest BCUT2D eigenvalue weighted by Gasteiger charge is -2.28. The van der Waals surface area contributed by atoms with Crippen LogP contribution < -0.4 is 10.2 Å². The molecule has 0 atom stereocenters. The van der Waals surface area contributed by atoms with Gasteiger partial charge in [-0.25, -0.2) is 19.9 Å². The molecule has 0 radical (unpaired) electrons.